The van der Waals surface area contributed by atoms with Gasteiger partial charge in [0.1, 0.15) is 0 Å². The van der Waals surface area contributed by atoms with Crippen LogP contribution in [0.2, 0.25) is 0 Å². The molecule has 0 atom stereocenters. The molecule has 94 valence electrons. The molecule has 0 saturated carbocycles. The number of carbonyl (C=O) groups is 1. The summed E-state index contributed by atoms with van der Waals surface area (Å²) in [6.45, 7) is 3.37. The van der Waals surface area contributed by atoms with Gasteiger partial charge in [0.25, 0.3) is 5.91 Å². The molecule has 1 rings (SSSR count). The van der Waals surface area contributed by atoms with Gasteiger partial charge < -0.3 is 5.32 Å². The first-order chi connectivity index (χ1) is 7.71. The third-order valence-electron chi connectivity index (χ3n) is 1.95. The Balaban J connectivity index is 3.21. The van der Waals surface area contributed by atoms with E-state index in [1.165, 1.54) is 12.1 Å². The predicted octanol–water partition coefficient (Wildman–Crippen LogP) is 3.61. The lowest BCUT2D eigenvalue weighted by molar-refractivity contribution is -0.137. The smallest absolute Gasteiger partial charge is 0.350 e. The first kappa shape index (κ1) is 14.0. The number of benzene rings is 1. The zero-order valence-corrected chi connectivity index (χ0v) is 10.8. The number of alkyl halides is 3. The number of hydrogen-bond donors (Lipinski definition) is 1. The SMILES string of the molecule is CC(C)NC(=O)c1cc(Br)ccc1C(F)(F)F. The van der Waals surface area contributed by atoms with Crippen LogP contribution in [0.15, 0.2) is 22.7 Å². The van der Waals surface area contributed by atoms with Gasteiger partial charge in [-0.1, -0.05) is 15.9 Å². The molecule has 0 aliphatic heterocycles. The molecule has 0 saturated heterocycles. The highest BCUT2D eigenvalue weighted by atomic mass is 79.9. The summed E-state index contributed by atoms with van der Waals surface area (Å²) in [5, 5.41) is 2.44. The van der Waals surface area contributed by atoms with Crippen LogP contribution in [-0.2, 0) is 6.18 Å². The second-order valence-corrected chi connectivity index (χ2v) is 4.73. The first-order valence-electron chi connectivity index (χ1n) is 4.89. The van der Waals surface area contributed by atoms with E-state index in [0.29, 0.717) is 4.47 Å². The topological polar surface area (TPSA) is 29.1 Å². The van der Waals surface area contributed by atoms with E-state index in [9.17, 15) is 18.0 Å². The number of halogens is 4. The second kappa shape index (κ2) is 5.08. The van der Waals surface area contributed by atoms with Crippen molar-refractivity contribution in [2.75, 3.05) is 0 Å². The quantitative estimate of drug-likeness (QED) is 0.888. The largest absolute Gasteiger partial charge is 0.417 e. The highest BCUT2D eigenvalue weighted by Gasteiger charge is 2.35. The maximum atomic E-state index is 12.7. The van der Waals surface area contributed by atoms with Gasteiger partial charge in [-0.2, -0.15) is 13.2 Å². The number of carbonyl (C=O) groups excluding carboxylic acids is 1. The molecule has 0 unspecified atom stereocenters. The van der Waals surface area contributed by atoms with Gasteiger partial charge in [-0.05, 0) is 32.0 Å². The maximum Gasteiger partial charge on any atom is 0.417 e. The minimum Gasteiger partial charge on any atom is -0.350 e. The third-order valence-corrected chi connectivity index (χ3v) is 2.44. The summed E-state index contributed by atoms with van der Waals surface area (Å²) < 4.78 is 38.5. The van der Waals surface area contributed by atoms with E-state index >= 15 is 0 Å². The first-order valence-corrected chi connectivity index (χ1v) is 5.68. The predicted molar refractivity (Wildman–Crippen MR) is 61.7 cm³/mol. The van der Waals surface area contributed by atoms with Gasteiger partial charge in [-0.15, -0.1) is 0 Å². The molecule has 0 aliphatic rings. The van der Waals surface area contributed by atoms with Crippen molar-refractivity contribution in [3.63, 3.8) is 0 Å². The van der Waals surface area contributed by atoms with Crippen molar-refractivity contribution in [3.05, 3.63) is 33.8 Å². The molecule has 1 aromatic rings. The van der Waals surface area contributed by atoms with Crippen molar-refractivity contribution in [2.45, 2.75) is 26.1 Å². The minimum atomic E-state index is -4.54. The molecule has 0 bridgehead atoms. The van der Waals surface area contributed by atoms with E-state index in [1.807, 2.05) is 0 Å². The van der Waals surface area contributed by atoms with E-state index in [1.54, 1.807) is 13.8 Å². The standard InChI is InChI=1S/C11H11BrF3NO/c1-6(2)16-10(17)8-5-7(12)3-4-9(8)11(13,14)15/h3-6H,1-2H3,(H,16,17). The molecule has 6 heteroatoms. The van der Waals surface area contributed by atoms with Crippen LogP contribution < -0.4 is 5.32 Å². The van der Waals surface area contributed by atoms with Gasteiger partial charge in [-0.25, -0.2) is 0 Å². The molecule has 0 fully saturated rings. The number of hydrogen-bond acceptors (Lipinski definition) is 1. The molecular weight excluding hydrogens is 299 g/mol. The number of amides is 1. The van der Waals surface area contributed by atoms with E-state index in [0.717, 1.165) is 6.07 Å². The Morgan fingerprint density at radius 2 is 1.94 bits per heavy atom. The van der Waals surface area contributed by atoms with Crippen molar-refractivity contribution >= 4 is 21.8 Å². The van der Waals surface area contributed by atoms with Crippen molar-refractivity contribution in [1.82, 2.24) is 5.32 Å². The summed E-state index contributed by atoms with van der Waals surface area (Å²) in [6.07, 6.45) is -4.54. The van der Waals surface area contributed by atoms with Crippen LogP contribution in [0.3, 0.4) is 0 Å². The highest BCUT2D eigenvalue weighted by Crippen LogP contribution is 2.33. The molecular formula is C11H11BrF3NO. The normalized spacial score (nSPS) is 11.7. The van der Waals surface area contributed by atoms with Crippen LogP contribution in [0.5, 0.6) is 0 Å². The maximum absolute atomic E-state index is 12.7. The molecule has 1 N–H and O–H groups in total. The van der Waals surface area contributed by atoms with Gasteiger partial charge in [0.15, 0.2) is 0 Å². The van der Waals surface area contributed by atoms with Gasteiger partial charge in [0, 0.05) is 10.5 Å². The molecule has 0 heterocycles. The molecule has 17 heavy (non-hydrogen) atoms. The Morgan fingerprint density at radius 1 is 1.35 bits per heavy atom. The summed E-state index contributed by atoms with van der Waals surface area (Å²) in [7, 11) is 0. The van der Waals surface area contributed by atoms with Crippen LogP contribution in [-0.4, -0.2) is 11.9 Å². The van der Waals surface area contributed by atoms with E-state index in [2.05, 4.69) is 21.2 Å². The summed E-state index contributed by atoms with van der Waals surface area (Å²) in [6, 6.07) is 3.09. The summed E-state index contributed by atoms with van der Waals surface area (Å²) in [5.41, 5.74) is -1.31. The molecule has 0 spiro atoms. The van der Waals surface area contributed by atoms with Crippen molar-refractivity contribution in [3.8, 4) is 0 Å². The average Bonchev–Trinajstić information content (AvgIpc) is 2.14. The molecule has 0 aromatic heterocycles. The van der Waals surface area contributed by atoms with Gasteiger partial charge >= 0.3 is 6.18 Å². The van der Waals surface area contributed by atoms with Gasteiger partial charge in [0.05, 0.1) is 11.1 Å². The Labute approximate surface area is 105 Å². The van der Waals surface area contributed by atoms with E-state index < -0.39 is 17.6 Å². The molecule has 1 aromatic carbocycles. The van der Waals surface area contributed by atoms with Gasteiger partial charge in [0.2, 0.25) is 0 Å². The Kier molecular flexibility index (Phi) is 4.19. The molecule has 0 radical (unpaired) electrons. The lowest BCUT2D eigenvalue weighted by atomic mass is 10.1. The van der Waals surface area contributed by atoms with Crippen molar-refractivity contribution in [2.24, 2.45) is 0 Å². The minimum absolute atomic E-state index is 0.220. The fourth-order valence-electron chi connectivity index (χ4n) is 1.29. The second-order valence-electron chi connectivity index (χ2n) is 3.82. The zero-order chi connectivity index (χ0) is 13.2. The van der Waals surface area contributed by atoms with E-state index in [-0.39, 0.29) is 11.6 Å². The Morgan fingerprint density at radius 3 is 2.41 bits per heavy atom. The zero-order valence-electron chi connectivity index (χ0n) is 9.23. The fraction of sp³-hybridized carbons (Fsp3) is 0.364. The molecule has 0 aliphatic carbocycles. The average molecular weight is 310 g/mol. The van der Waals surface area contributed by atoms with Crippen molar-refractivity contribution < 1.29 is 18.0 Å². The lowest BCUT2D eigenvalue weighted by Crippen LogP contribution is -2.31. The fourth-order valence-corrected chi connectivity index (χ4v) is 1.65. The summed E-state index contributed by atoms with van der Waals surface area (Å²) >= 11 is 3.05. The highest BCUT2D eigenvalue weighted by molar-refractivity contribution is 9.10. The van der Waals surface area contributed by atoms with Crippen LogP contribution in [0.25, 0.3) is 0 Å². The number of nitrogens with one attached hydrogen (secondary N) is 1. The monoisotopic (exact) mass is 309 g/mol. The van der Waals surface area contributed by atoms with E-state index in [4.69, 9.17) is 0 Å². The molecule has 2 nitrogen and oxygen atoms in total. The summed E-state index contributed by atoms with van der Waals surface area (Å²) in [4.78, 5) is 11.6. The van der Waals surface area contributed by atoms with Crippen LogP contribution in [0.4, 0.5) is 13.2 Å². The van der Waals surface area contributed by atoms with Gasteiger partial charge in [-0.3, -0.25) is 4.79 Å². The Hall–Kier alpha value is -1.04. The third kappa shape index (κ3) is 3.73. The van der Waals surface area contributed by atoms with Crippen LogP contribution >= 0.6 is 15.9 Å². The molecule has 1 amide bonds. The van der Waals surface area contributed by atoms with Crippen molar-refractivity contribution in [1.29, 1.82) is 0 Å². The van der Waals surface area contributed by atoms with Crippen LogP contribution in [0, 0.1) is 0 Å². The summed E-state index contributed by atoms with van der Waals surface area (Å²) in [5.74, 6) is -0.728. The Bertz CT molecular complexity index is 429. The van der Waals surface area contributed by atoms with Crippen LogP contribution in [0.1, 0.15) is 29.8 Å². The number of rotatable bonds is 2. The lowest BCUT2D eigenvalue weighted by Gasteiger charge is -2.14.